The van der Waals surface area contributed by atoms with Gasteiger partial charge in [0.05, 0.1) is 18.2 Å². The Balaban J connectivity index is 2.37. The molecule has 0 aliphatic rings. The normalized spacial score (nSPS) is 9.64. The second kappa shape index (κ2) is 3.71. The van der Waals surface area contributed by atoms with Gasteiger partial charge >= 0.3 is 0 Å². The average Bonchev–Trinajstić information content (AvgIpc) is 2.71. The molecule has 4 heteroatoms. The molecule has 0 aliphatic carbocycles. The van der Waals surface area contributed by atoms with Gasteiger partial charge in [-0.1, -0.05) is 12.1 Å². The van der Waals surface area contributed by atoms with Gasteiger partial charge in [-0.05, 0) is 17.7 Å². The summed E-state index contributed by atoms with van der Waals surface area (Å²) in [7, 11) is 0. The Hall–Kier alpha value is -2.15. The van der Waals surface area contributed by atoms with Crippen LogP contribution in [0.2, 0.25) is 0 Å². The Bertz CT molecular complexity index is 453. The third kappa shape index (κ3) is 1.62. The molecule has 0 fully saturated rings. The summed E-state index contributed by atoms with van der Waals surface area (Å²) >= 11 is 0. The topological polar surface area (TPSA) is 54.5 Å². The quantitative estimate of drug-likeness (QED) is 0.707. The SMILES string of the molecule is N#CCc1cccc(-n2cncn2)c1. The van der Waals surface area contributed by atoms with Crippen molar-refractivity contribution in [3.63, 3.8) is 0 Å². The van der Waals surface area contributed by atoms with E-state index in [9.17, 15) is 0 Å². The molecule has 1 aromatic heterocycles. The third-order valence-corrected chi connectivity index (χ3v) is 1.88. The zero-order chi connectivity index (χ0) is 9.80. The highest BCUT2D eigenvalue weighted by Crippen LogP contribution is 2.08. The Morgan fingerprint density at radius 2 is 2.36 bits per heavy atom. The lowest BCUT2D eigenvalue weighted by Crippen LogP contribution is -1.95. The van der Waals surface area contributed by atoms with Gasteiger partial charge in [0.15, 0.2) is 0 Å². The predicted octanol–water partition coefficient (Wildman–Crippen LogP) is 1.33. The number of nitriles is 1. The van der Waals surface area contributed by atoms with E-state index in [1.807, 2.05) is 24.3 Å². The maximum absolute atomic E-state index is 8.56. The molecule has 0 unspecified atom stereocenters. The van der Waals surface area contributed by atoms with Crippen LogP contribution in [0.3, 0.4) is 0 Å². The maximum Gasteiger partial charge on any atom is 0.138 e. The van der Waals surface area contributed by atoms with E-state index in [2.05, 4.69) is 16.2 Å². The zero-order valence-corrected chi connectivity index (χ0v) is 7.46. The fraction of sp³-hybridized carbons (Fsp3) is 0.100. The molecule has 14 heavy (non-hydrogen) atoms. The van der Waals surface area contributed by atoms with Gasteiger partial charge in [0.2, 0.25) is 0 Å². The summed E-state index contributed by atoms with van der Waals surface area (Å²) in [6.07, 6.45) is 3.53. The van der Waals surface area contributed by atoms with E-state index in [0.717, 1.165) is 11.3 Å². The van der Waals surface area contributed by atoms with Crippen molar-refractivity contribution in [2.24, 2.45) is 0 Å². The molecule has 68 valence electrons. The molecule has 1 aromatic carbocycles. The molecule has 0 spiro atoms. The molecule has 0 atom stereocenters. The zero-order valence-electron chi connectivity index (χ0n) is 7.46. The Morgan fingerprint density at radius 3 is 3.07 bits per heavy atom. The molecule has 0 saturated carbocycles. The van der Waals surface area contributed by atoms with Crippen molar-refractivity contribution < 1.29 is 0 Å². The van der Waals surface area contributed by atoms with Crippen LogP contribution in [0.4, 0.5) is 0 Å². The lowest BCUT2D eigenvalue weighted by Gasteiger charge is -2.01. The first-order valence-corrected chi connectivity index (χ1v) is 4.21. The number of nitrogens with zero attached hydrogens (tertiary/aromatic N) is 4. The first-order chi connectivity index (χ1) is 6.90. The molecule has 0 saturated heterocycles. The highest BCUT2D eigenvalue weighted by molar-refractivity contribution is 5.35. The van der Waals surface area contributed by atoms with Crippen LogP contribution >= 0.6 is 0 Å². The summed E-state index contributed by atoms with van der Waals surface area (Å²) in [5, 5.41) is 12.6. The van der Waals surface area contributed by atoms with E-state index >= 15 is 0 Å². The Morgan fingerprint density at radius 1 is 1.43 bits per heavy atom. The van der Waals surface area contributed by atoms with Crippen LogP contribution in [-0.2, 0) is 6.42 Å². The number of aromatic nitrogens is 3. The van der Waals surface area contributed by atoms with E-state index in [4.69, 9.17) is 5.26 Å². The fourth-order valence-electron chi connectivity index (χ4n) is 1.24. The van der Waals surface area contributed by atoms with Gasteiger partial charge in [-0.25, -0.2) is 9.67 Å². The van der Waals surface area contributed by atoms with Crippen LogP contribution < -0.4 is 0 Å². The van der Waals surface area contributed by atoms with E-state index in [-0.39, 0.29) is 0 Å². The average molecular weight is 184 g/mol. The van der Waals surface area contributed by atoms with Crippen molar-refractivity contribution in [2.75, 3.05) is 0 Å². The van der Waals surface area contributed by atoms with Crippen LogP contribution in [0.15, 0.2) is 36.9 Å². The van der Waals surface area contributed by atoms with Gasteiger partial charge in [-0.15, -0.1) is 0 Å². The smallest absolute Gasteiger partial charge is 0.138 e. The van der Waals surface area contributed by atoms with Crippen LogP contribution in [-0.4, -0.2) is 14.8 Å². The first kappa shape index (κ1) is 8.45. The molecule has 0 amide bonds. The largest absolute Gasteiger partial charge is 0.223 e. The third-order valence-electron chi connectivity index (χ3n) is 1.88. The fourth-order valence-corrected chi connectivity index (χ4v) is 1.24. The van der Waals surface area contributed by atoms with Crippen molar-refractivity contribution in [3.8, 4) is 11.8 Å². The van der Waals surface area contributed by atoms with Crippen molar-refractivity contribution in [3.05, 3.63) is 42.5 Å². The summed E-state index contributed by atoms with van der Waals surface area (Å²) in [6.45, 7) is 0. The molecular weight excluding hydrogens is 176 g/mol. The second-order valence-electron chi connectivity index (χ2n) is 2.84. The molecule has 1 heterocycles. The molecule has 0 aliphatic heterocycles. The van der Waals surface area contributed by atoms with Gasteiger partial charge in [0.25, 0.3) is 0 Å². The number of hydrogen-bond donors (Lipinski definition) is 0. The molecule has 4 nitrogen and oxygen atoms in total. The summed E-state index contributed by atoms with van der Waals surface area (Å²) in [6, 6.07) is 9.79. The van der Waals surface area contributed by atoms with Crippen LogP contribution in [0.25, 0.3) is 5.69 Å². The predicted molar refractivity (Wildman–Crippen MR) is 50.7 cm³/mol. The second-order valence-corrected chi connectivity index (χ2v) is 2.84. The van der Waals surface area contributed by atoms with Gasteiger partial charge in [0, 0.05) is 0 Å². The minimum atomic E-state index is 0.419. The minimum Gasteiger partial charge on any atom is -0.223 e. The molecule has 0 N–H and O–H groups in total. The number of rotatable bonds is 2. The molecule has 0 radical (unpaired) electrons. The number of hydrogen-bond acceptors (Lipinski definition) is 3. The van der Waals surface area contributed by atoms with E-state index in [1.54, 1.807) is 11.0 Å². The summed E-state index contributed by atoms with van der Waals surface area (Å²) < 4.78 is 1.67. The highest BCUT2D eigenvalue weighted by Gasteiger charge is 1.97. The van der Waals surface area contributed by atoms with E-state index in [0.29, 0.717) is 6.42 Å². The summed E-state index contributed by atoms with van der Waals surface area (Å²) in [5.41, 5.74) is 1.91. The number of benzene rings is 1. The molecule has 2 rings (SSSR count). The van der Waals surface area contributed by atoms with E-state index < -0.39 is 0 Å². The van der Waals surface area contributed by atoms with Crippen molar-refractivity contribution >= 4 is 0 Å². The van der Waals surface area contributed by atoms with Gasteiger partial charge in [-0.2, -0.15) is 10.4 Å². The summed E-state index contributed by atoms with van der Waals surface area (Å²) in [5.74, 6) is 0. The van der Waals surface area contributed by atoms with Gasteiger partial charge in [0.1, 0.15) is 12.7 Å². The standard InChI is InChI=1S/C10H8N4/c11-5-4-9-2-1-3-10(6-9)14-8-12-7-13-14/h1-3,6-8H,4H2. The van der Waals surface area contributed by atoms with E-state index in [1.165, 1.54) is 6.33 Å². The van der Waals surface area contributed by atoms with Gasteiger partial charge < -0.3 is 0 Å². The van der Waals surface area contributed by atoms with Crippen LogP contribution in [0, 0.1) is 11.3 Å². The Labute approximate surface area is 81.4 Å². The molecule has 2 aromatic rings. The summed E-state index contributed by atoms with van der Waals surface area (Å²) in [4.78, 5) is 3.86. The molecule has 0 bridgehead atoms. The maximum atomic E-state index is 8.56. The van der Waals surface area contributed by atoms with Crippen LogP contribution in [0.1, 0.15) is 5.56 Å². The lowest BCUT2D eigenvalue weighted by molar-refractivity contribution is 0.877. The van der Waals surface area contributed by atoms with Crippen molar-refractivity contribution in [1.82, 2.24) is 14.8 Å². The lowest BCUT2D eigenvalue weighted by atomic mass is 10.1. The first-order valence-electron chi connectivity index (χ1n) is 4.21. The van der Waals surface area contributed by atoms with Crippen LogP contribution in [0.5, 0.6) is 0 Å². The monoisotopic (exact) mass is 184 g/mol. The van der Waals surface area contributed by atoms with Crippen molar-refractivity contribution in [1.29, 1.82) is 5.26 Å². The van der Waals surface area contributed by atoms with Crippen molar-refractivity contribution in [2.45, 2.75) is 6.42 Å². The Kier molecular flexibility index (Phi) is 2.24. The highest BCUT2D eigenvalue weighted by atomic mass is 15.3. The molecular formula is C10H8N4. The minimum absolute atomic E-state index is 0.419. The van der Waals surface area contributed by atoms with Gasteiger partial charge in [-0.3, -0.25) is 0 Å².